The highest BCUT2D eigenvalue weighted by Gasteiger charge is 2.31. The topological polar surface area (TPSA) is 66.8 Å². The van der Waals surface area contributed by atoms with Gasteiger partial charge in [-0.05, 0) is 43.4 Å². The van der Waals surface area contributed by atoms with Crippen molar-refractivity contribution in [3.05, 3.63) is 29.8 Å². The SMILES string of the molecule is COc1cccc(CN(C)C(=O)C2CCC(C(=O)O)CC2)c1. The Labute approximate surface area is 130 Å². The highest BCUT2D eigenvalue weighted by molar-refractivity contribution is 5.79. The highest BCUT2D eigenvalue weighted by Crippen LogP contribution is 2.30. The van der Waals surface area contributed by atoms with Crippen molar-refractivity contribution in [3.63, 3.8) is 0 Å². The van der Waals surface area contributed by atoms with Crippen LogP contribution in [0.3, 0.4) is 0 Å². The van der Waals surface area contributed by atoms with Gasteiger partial charge in [-0.2, -0.15) is 0 Å². The number of methoxy groups -OCH3 is 1. The van der Waals surface area contributed by atoms with E-state index in [-0.39, 0.29) is 17.7 Å². The molecule has 0 atom stereocenters. The predicted octanol–water partition coefficient (Wildman–Crippen LogP) is 2.54. The van der Waals surface area contributed by atoms with Gasteiger partial charge < -0.3 is 14.7 Å². The normalized spacial score (nSPS) is 21.2. The number of carboxylic acids is 1. The smallest absolute Gasteiger partial charge is 0.306 e. The summed E-state index contributed by atoms with van der Waals surface area (Å²) in [5.74, 6) is -0.193. The summed E-state index contributed by atoms with van der Waals surface area (Å²) in [5, 5.41) is 9.01. The number of rotatable bonds is 5. The fourth-order valence-electron chi connectivity index (χ4n) is 3.02. The minimum Gasteiger partial charge on any atom is -0.497 e. The van der Waals surface area contributed by atoms with Crippen molar-refractivity contribution in [2.45, 2.75) is 32.2 Å². The zero-order valence-electron chi connectivity index (χ0n) is 13.1. The van der Waals surface area contributed by atoms with Crippen LogP contribution in [0, 0.1) is 11.8 Å². The molecule has 0 bridgehead atoms. The Morgan fingerprint density at radius 1 is 1.23 bits per heavy atom. The molecule has 120 valence electrons. The van der Waals surface area contributed by atoms with Crippen molar-refractivity contribution in [2.75, 3.05) is 14.2 Å². The summed E-state index contributed by atoms with van der Waals surface area (Å²) in [6.45, 7) is 0.537. The fraction of sp³-hybridized carbons (Fsp3) is 0.529. The summed E-state index contributed by atoms with van der Waals surface area (Å²) in [6, 6.07) is 7.67. The lowest BCUT2D eigenvalue weighted by Gasteiger charge is -2.29. The van der Waals surface area contributed by atoms with Gasteiger partial charge in [-0.1, -0.05) is 12.1 Å². The Balaban J connectivity index is 1.91. The third-order valence-corrected chi connectivity index (χ3v) is 4.36. The summed E-state index contributed by atoms with van der Waals surface area (Å²) < 4.78 is 5.19. The minimum absolute atomic E-state index is 0.0498. The lowest BCUT2D eigenvalue weighted by molar-refractivity contribution is -0.145. The van der Waals surface area contributed by atoms with Crippen LogP contribution >= 0.6 is 0 Å². The molecule has 1 aliphatic carbocycles. The Morgan fingerprint density at radius 2 is 1.86 bits per heavy atom. The number of carbonyl (C=O) groups excluding carboxylic acids is 1. The molecule has 1 fully saturated rings. The summed E-state index contributed by atoms with van der Waals surface area (Å²) in [4.78, 5) is 25.2. The largest absolute Gasteiger partial charge is 0.497 e. The van der Waals surface area contributed by atoms with Crippen LogP contribution in [0.4, 0.5) is 0 Å². The van der Waals surface area contributed by atoms with Crippen molar-refractivity contribution in [1.29, 1.82) is 0 Å². The molecule has 5 heteroatoms. The number of hydrogen-bond acceptors (Lipinski definition) is 3. The Hall–Kier alpha value is -2.04. The van der Waals surface area contributed by atoms with Gasteiger partial charge in [0.15, 0.2) is 0 Å². The molecule has 0 saturated heterocycles. The van der Waals surface area contributed by atoms with E-state index >= 15 is 0 Å². The molecule has 0 aliphatic heterocycles. The van der Waals surface area contributed by atoms with Crippen LogP contribution in [-0.2, 0) is 16.1 Å². The third kappa shape index (κ3) is 4.00. The molecule has 0 unspecified atom stereocenters. The van der Waals surface area contributed by atoms with Gasteiger partial charge >= 0.3 is 5.97 Å². The summed E-state index contributed by atoms with van der Waals surface area (Å²) in [6.07, 6.45) is 2.52. The molecule has 0 radical (unpaired) electrons. The first-order valence-corrected chi connectivity index (χ1v) is 7.62. The van der Waals surface area contributed by atoms with Crippen LogP contribution in [0.25, 0.3) is 0 Å². The van der Waals surface area contributed by atoms with E-state index in [0.717, 1.165) is 11.3 Å². The number of amides is 1. The molecule has 0 heterocycles. The molecule has 1 N–H and O–H groups in total. The molecule has 2 rings (SSSR count). The number of carboxylic acid groups (broad SMARTS) is 1. The van der Waals surface area contributed by atoms with Gasteiger partial charge in [0.05, 0.1) is 13.0 Å². The number of ether oxygens (including phenoxy) is 1. The molecule has 1 aromatic rings. The van der Waals surface area contributed by atoms with Gasteiger partial charge in [0.1, 0.15) is 5.75 Å². The van der Waals surface area contributed by atoms with Crippen LogP contribution in [0.2, 0.25) is 0 Å². The summed E-state index contributed by atoms with van der Waals surface area (Å²) >= 11 is 0. The van der Waals surface area contributed by atoms with Crippen LogP contribution in [0.1, 0.15) is 31.2 Å². The molecule has 1 aliphatic rings. The Bertz CT molecular complexity index is 535. The van der Waals surface area contributed by atoms with Crippen LogP contribution in [0.15, 0.2) is 24.3 Å². The van der Waals surface area contributed by atoms with Crippen molar-refractivity contribution >= 4 is 11.9 Å². The maximum absolute atomic E-state index is 12.5. The van der Waals surface area contributed by atoms with E-state index in [1.165, 1.54) is 0 Å². The van der Waals surface area contributed by atoms with Crippen LogP contribution in [-0.4, -0.2) is 36.0 Å². The molecule has 0 aromatic heterocycles. The molecule has 0 spiro atoms. The lowest BCUT2D eigenvalue weighted by atomic mass is 9.81. The molecule has 5 nitrogen and oxygen atoms in total. The third-order valence-electron chi connectivity index (χ3n) is 4.36. The second-order valence-electron chi connectivity index (χ2n) is 5.93. The standard InChI is InChI=1S/C17H23NO4/c1-18(11-12-4-3-5-15(10-12)22-2)16(19)13-6-8-14(9-7-13)17(20)21/h3-5,10,13-14H,6-9,11H2,1-2H3,(H,20,21). The average molecular weight is 305 g/mol. The summed E-state index contributed by atoms with van der Waals surface area (Å²) in [7, 11) is 3.42. The van der Waals surface area contributed by atoms with Crippen molar-refractivity contribution in [2.24, 2.45) is 11.8 Å². The minimum atomic E-state index is -0.740. The predicted molar refractivity (Wildman–Crippen MR) is 82.6 cm³/mol. The fourth-order valence-corrected chi connectivity index (χ4v) is 3.02. The first-order chi connectivity index (χ1) is 10.5. The quantitative estimate of drug-likeness (QED) is 0.908. The monoisotopic (exact) mass is 305 g/mol. The first-order valence-electron chi connectivity index (χ1n) is 7.62. The number of benzene rings is 1. The molecular weight excluding hydrogens is 282 g/mol. The zero-order valence-corrected chi connectivity index (χ0v) is 13.1. The lowest BCUT2D eigenvalue weighted by Crippen LogP contribution is -2.35. The van der Waals surface area contributed by atoms with Crippen LogP contribution < -0.4 is 4.74 Å². The number of aliphatic carboxylic acids is 1. The Morgan fingerprint density at radius 3 is 2.45 bits per heavy atom. The summed E-state index contributed by atoms with van der Waals surface area (Å²) in [5.41, 5.74) is 1.02. The molecule has 1 saturated carbocycles. The molecular formula is C17H23NO4. The number of nitrogens with zero attached hydrogens (tertiary/aromatic N) is 1. The van der Waals surface area contributed by atoms with E-state index in [9.17, 15) is 9.59 Å². The van der Waals surface area contributed by atoms with Gasteiger partial charge in [0.25, 0.3) is 0 Å². The van der Waals surface area contributed by atoms with Gasteiger partial charge in [0.2, 0.25) is 5.91 Å². The van der Waals surface area contributed by atoms with E-state index < -0.39 is 5.97 Å². The van der Waals surface area contributed by atoms with E-state index in [1.807, 2.05) is 24.3 Å². The van der Waals surface area contributed by atoms with Crippen molar-refractivity contribution in [1.82, 2.24) is 4.90 Å². The zero-order chi connectivity index (χ0) is 16.1. The molecule has 1 aromatic carbocycles. The second kappa shape index (κ2) is 7.29. The highest BCUT2D eigenvalue weighted by atomic mass is 16.5. The maximum atomic E-state index is 12.5. The van der Waals surface area contributed by atoms with E-state index in [1.54, 1.807) is 19.1 Å². The first kappa shape index (κ1) is 16.3. The van der Waals surface area contributed by atoms with Crippen molar-refractivity contribution in [3.8, 4) is 5.75 Å². The second-order valence-corrected chi connectivity index (χ2v) is 5.93. The van der Waals surface area contributed by atoms with E-state index in [2.05, 4.69) is 0 Å². The molecule has 1 amide bonds. The van der Waals surface area contributed by atoms with Crippen molar-refractivity contribution < 1.29 is 19.4 Å². The van der Waals surface area contributed by atoms with Gasteiger partial charge in [-0.25, -0.2) is 0 Å². The van der Waals surface area contributed by atoms with Gasteiger partial charge in [-0.15, -0.1) is 0 Å². The maximum Gasteiger partial charge on any atom is 0.306 e. The van der Waals surface area contributed by atoms with Gasteiger partial charge in [-0.3, -0.25) is 9.59 Å². The number of hydrogen-bond donors (Lipinski definition) is 1. The number of carbonyl (C=O) groups is 2. The van der Waals surface area contributed by atoms with Crippen LogP contribution in [0.5, 0.6) is 5.75 Å². The average Bonchev–Trinajstić information content (AvgIpc) is 2.54. The van der Waals surface area contributed by atoms with Gasteiger partial charge in [0, 0.05) is 19.5 Å². The van der Waals surface area contributed by atoms with E-state index in [0.29, 0.717) is 32.2 Å². The molecule has 22 heavy (non-hydrogen) atoms. The Kier molecular flexibility index (Phi) is 5.41. The van der Waals surface area contributed by atoms with E-state index in [4.69, 9.17) is 9.84 Å².